The number of rotatable bonds is 0. The van der Waals surface area contributed by atoms with E-state index in [1.807, 2.05) is 0 Å². The number of hydrogen-bond donors (Lipinski definition) is 0. The molecule has 1 radical (unpaired) electrons. The van der Waals surface area contributed by atoms with Crippen molar-refractivity contribution in [2.75, 3.05) is 5.88 Å². The molecule has 1 nitrogen and oxygen atoms in total. The van der Waals surface area contributed by atoms with Gasteiger partial charge < -0.3 is 0 Å². The molecule has 27 valence electrons. The van der Waals surface area contributed by atoms with Crippen LogP contribution in [0.25, 0.3) is 0 Å². The van der Waals surface area contributed by atoms with Gasteiger partial charge in [-0.25, -0.2) is 5.11 Å². The average molecular weight is 89.5 g/mol. The predicted octanol–water partition coefficient (Wildman–Crippen LogP) is 0.617. The van der Waals surface area contributed by atoms with Crippen molar-refractivity contribution >= 4 is 11.6 Å². The molecule has 5 heavy (non-hydrogen) atoms. The van der Waals surface area contributed by atoms with Crippen molar-refractivity contribution < 1.29 is 5.11 Å². The van der Waals surface area contributed by atoms with Gasteiger partial charge in [0, 0.05) is 0 Å². The molecule has 0 amide bonds. The summed E-state index contributed by atoms with van der Waals surface area (Å²) < 4.78 is 0. The number of alkyl halides is 1. The summed E-state index contributed by atoms with van der Waals surface area (Å²) in [6.07, 6.45) is 1.39. The Kier molecular flexibility index (Phi) is 3.39. The quantitative estimate of drug-likeness (QED) is 0.306. The molecule has 0 aliphatic rings. The van der Waals surface area contributed by atoms with Gasteiger partial charge in [-0.2, -0.15) is 0 Å². The summed E-state index contributed by atoms with van der Waals surface area (Å²) in [7, 11) is 0. The molecule has 0 saturated carbocycles. The van der Waals surface area contributed by atoms with Crippen LogP contribution in [0.2, 0.25) is 0 Å². The molecule has 0 atom stereocenters. The second-order valence-electron chi connectivity index (χ2n) is 0.412. The zero-order chi connectivity index (χ0) is 4.12. The Bertz CT molecular complexity index is 59.0. The van der Waals surface area contributed by atoms with E-state index in [9.17, 15) is 0 Å². The highest BCUT2D eigenvalue weighted by Crippen LogP contribution is 1.63. The minimum absolute atomic E-state index is 0.142. The van der Waals surface area contributed by atoms with E-state index >= 15 is 0 Å². The standard InChI is InChI=1S/C3H2ClO/c4-2-1-3-5/h2H2. The normalized spacial score (nSPS) is 5.00. The number of hydrogen-bond acceptors (Lipinski definition) is 0. The first-order valence-electron chi connectivity index (χ1n) is 1.07. The van der Waals surface area contributed by atoms with Gasteiger partial charge in [-0.05, 0) is 5.92 Å². The van der Waals surface area contributed by atoms with Crippen molar-refractivity contribution in [3.05, 3.63) is 0 Å². The minimum Gasteiger partial charge on any atom is -0.224 e. The molecule has 0 N–H and O–H groups in total. The summed E-state index contributed by atoms with van der Waals surface area (Å²) in [5.74, 6) is 2.21. The van der Waals surface area contributed by atoms with E-state index in [0.717, 1.165) is 0 Å². The second kappa shape index (κ2) is 3.65. The van der Waals surface area contributed by atoms with Crippen LogP contribution < -0.4 is 0 Å². The fourth-order valence-electron chi connectivity index (χ4n) is 0.0273. The van der Waals surface area contributed by atoms with Crippen LogP contribution in [-0.2, 0) is 5.11 Å². The van der Waals surface area contributed by atoms with Crippen molar-refractivity contribution in [3.8, 4) is 12.0 Å². The highest BCUT2D eigenvalue weighted by molar-refractivity contribution is 6.19. The molecule has 0 aliphatic heterocycles. The molecule has 0 saturated heterocycles. The first kappa shape index (κ1) is 4.65. The third-order valence-corrected chi connectivity index (χ3v) is 0.273. The summed E-state index contributed by atoms with van der Waals surface area (Å²) in [5.41, 5.74) is 0. The lowest BCUT2D eigenvalue weighted by atomic mass is 10.8. The third-order valence-electron chi connectivity index (χ3n) is 0.139. The van der Waals surface area contributed by atoms with Crippen molar-refractivity contribution in [1.29, 1.82) is 0 Å². The highest BCUT2D eigenvalue weighted by Gasteiger charge is 1.55. The molecule has 0 aliphatic carbocycles. The largest absolute Gasteiger partial charge is 0.224 e. The fraction of sp³-hybridized carbons (Fsp3) is 0.333. The van der Waals surface area contributed by atoms with E-state index in [0.29, 0.717) is 0 Å². The molecule has 2 heteroatoms. The van der Waals surface area contributed by atoms with Gasteiger partial charge in [0.05, 0.1) is 5.88 Å². The van der Waals surface area contributed by atoms with Crippen molar-refractivity contribution in [2.24, 2.45) is 0 Å². The van der Waals surface area contributed by atoms with Gasteiger partial charge in [0.2, 0.25) is 0 Å². The van der Waals surface area contributed by atoms with Crippen LogP contribution in [0.4, 0.5) is 0 Å². The fourth-order valence-corrected chi connectivity index (χ4v) is 0.0818. The van der Waals surface area contributed by atoms with E-state index in [2.05, 4.69) is 5.92 Å². The maximum Gasteiger partial charge on any atom is 0.173 e. The summed E-state index contributed by atoms with van der Waals surface area (Å²) in [5, 5.41) is 9.08. The van der Waals surface area contributed by atoms with Gasteiger partial charge >= 0.3 is 0 Å². The Balaban J connectivity index is 2.81. The molecular formula is C3H2ClO. The summed E-state index contributed by atoms with van der Waals surface area (Å²) in [6, 6.07) is 0. The maximum atomic E-state index is 9.08. The Morgan fingerprint density at radius 1 is 1.80 bits per heavy atom. The zero-order valence-electron chi connectivity index (χ0n) is 2.49. The van der Waals surface area contributed by atoms with Crippen LogP contribution in [0.1, 0.15) is 0 Å². The molecule has 0 aromatic heterocycles. The van der Waals surface area contributed by atoms with Gasteiger partial charge in [-0.1, -0.05) is 0 Å². The first-order valence-corrected chi connectivity index (χ1v) is 1.61. The van der Waals surface area contributed by atoms with Crippen LogP contribution in [-0.4, -0.2) is 5.88 Å². The zero-order valence-corrected chi connectivity index (χ0v) is 3.25. The van der Waals surface area contributed by atoms with Crippen molar-refractivity contribution in [1.82, 2.24) is 0 Å². The average Bonchev–Trinajstić information content (AvgIpc) is 1.41. The van der Waals surface area contributed by atoms with E-state index < -0.39 is 0 Å². The molecule has 0 unspecified atom stereocenters. The lowest BCUT2D eigenvalue weighted by Gasteiger charge is -1.52. The molecule has 0 fully saturated rings. The molecule has 0 aromatic carbocycles. The first-order chi connectivity index (χ1) is 2.41. The third kappa shape index (κ3) is 3.65. The van der Waals surface area contributed by atoms with Crippen molar-refractivity contribution in [2.45, 2.75) is 0 Å². The smallest absolute Gasteiger partial charge is 0.173 e. The highest BCUT2D eigenvalue weighted by atomic mass is 35.5. The van der Waals surface area contributed by atoms with Crippen LogP contribution >= 0.6 is 11.6 Å². The summed E-state index contributed by atoms with van der Waals surface area (Å²) in [4.78, 5) is 0. The van der Waals surface area contributed by atoms with E-state index in [1.165, 1.54) is 6.11 Å². The van der Waals surface area contributed by atoms with Gasteiger partial charge in [0.25, 0.3) is 0 Å². The molecule has 0 bridgehead atoms. The summed E-state index contributed by atoms with van der Waals surface area (Å²) >= 11 is 4.93. The lowest BCUT2D eigenvalue weighted by molar-refractivity contribution is 0.391. The Hall–Kier alpha value is -0.350. The molecule has 0 aromatic rings. The van der Waals surface area contributed by atoms with E-state index in [-0.39, 0.29) is 5.88 Å². The Labute approximate surface area is 35.6 Å². The molecule has 0 rings (SSSR count). The van der Waals surface area contributed by atoms with Crippen LogP contribution in [0.3, 0.4) is 0 Å². The molecule has 0 heterocycles. The van der Waals surface area contributed by atoms with Crippen LogP contribution in [0.5, 0.6) is 0 Å². The van der Waals surface area contributed by atoms with Gasteiger partial charge in [-0.3, -0.25) is 0 Å². The number of halogens is 1. The van der Waals surface area contributed by atoms with Crippen LogP contribution in [0.15, 0.2) is 0 Å². The Morgan fingerprint density at radius 2 is 2.40 bits per heavy atom. The monoisotopic (exact) mass is 89.0 g/mol. The maximum absolute atomic E-state index is 9.08. The topological polar surface area (TPSA) is 19.9 Å². The van der Waals surface area contributed by atoms with Gasteiger partial charge in [0.1, 0.15) is 0 Å². The van der Waals surface area contributed by atoms with Gasteiger partial charge in [-0.15, -0.1) is 11.6 Å². The molecular weight excluding hydrogens is 87.5 g/mol. The van der Waals surface area contributed by atoms with Gasteiger partial charge in [0.15, 0.2) is 6.11 Å². The lowest BCUT2D eigenvalue weighted by Crippen LogP contribution is -1.53. The Morgan fingerprint density at radius 3 is 2.40 bits per heavy atom. The predicted molar refractivity (Wildman–Crippen MR) is 19.2 cm³/mol. The van der Waals surface area contributed by atoms with Crippen molar-refractivity contribution in [3.63, 3.8) is 0 Å². The van der Waals surface area contributed by atoms with Crippen LogP contribution in [0, 0.1) is 12.0 Å². The second-order valence-corrected chi connectivity index (χ2v) is 0.680. The van der Waals surface area contributed by atoms with E-state index in [4.69, 9.17) is 16.7 Å². The SMILES string of the molecule is [O]C#CCCl. The summed E-state index contributed by atoms with van der Waals surface area (Å²) in [6.45, 7) is 0. The minimum atomic E-state index is 0.142. The van der Waals surface area contributed by atoms with E-state index in [1.54, 1.807) is 0 Å². The molecule has 0 spiro atoms.